The molecule has 3 N–H and O–H groups in total. The smallest absolute Gasteiger partial charge is 0.258 e. The summed E-state index contributed by atoms with van der Waals surface area (Å²) >= 11 is 4.86. The van der Waals surface area contributed by atoms with Crippen LogP contribution >= 0.6 is 12.2 Å². The standard InChI is InChI=1S/C11H11N5OS/c1-16-11(13-6-14-16)15-10(17)8-4-2-3-7(5-8)9(12)18/h2-6H,1H3,(H2,12,18)(H,13,14,15,17). The first-order chi connectivity index (χ1) is 8.58. The Hall–Kier alpha value is -2.28. The molecule has 0 aliphatic rings. The highest BCUT2D eigenvalue weighted by Gasteiger charge is 2.10. The van der Waals surface area contributed by atoms with Gasteiger partial charge in [-0.3, -0.25) is 10.1 Å². The maximum absolute atomic E-state index is 12.0. The van der Waals surface area contributed by atoms with Crippen molar-refractivity contribution in [1.29, 1.82) is 0 Å². The van der Waals surface area contributed by atoms with Crippen LogP contribution < -0.4 is 11.1 Å². The molecule has 0 unspecified atom stereocenters. The van der Waals surface area contributed by atoms with Gasteiger partial charge in [0, 0.05) is 18.2 Å². The maximum atomic E-state index is 12.0. The number of carbonyl (C=O) groups is 1. The third-order valence-corrected chi connectivity index (χ3v) is 2.58. The van der Waals surface area contributed by atoms with E-state index in [0.29, 0.717) is 17.1 Å². The molecule has 0 saturated heterocycles. The molecule has 2 aromatic rings. The van der Waals surface area contributed by atoms with E-state index in [1.807, 2.05) is 0 Å². The number of hydrogen-bond acceptors (Lipinski definition) is 4. The summed E-state index contributed by atoms with van der Waals surface area (Å²) in [6.07, 6.45) is 1.36. The number of amides is 1. The Morgan fingerprint density at radius 3 is 2.78 bits per heavy atom. The summed E-state index contributed by atoms with van der Waals surface area (Å²) in [6, 6.07) is 6.78. The van der Waals surface area contributed by atoms with Crippen molar-refractivity contribution >= 4 is 29.1 Å². The molecule has 1 aromatic carbocycles. The molecule has 0 aliphatic carbocycles. The lowest BCUT2D eigenvalue weighted by Crippen LogP contribution is -2.17. The quantitative estimate of drug-likeness (QED) is 0.794. The van der Waals surface area contributed by atoms with E-state index in [1.165, 1.54) is 11.0 Å². The highest BCUT2D eigenvalue weighted by Crippen LogP contribution is 2.08. The van der Waals surface area contributed by atoms with E-state index in [2.05, 4.69) is 15.4 Å². The van der Waals surface area contributed by atoms with E-state index in [0.717, 1.165) is 0 Å². The second-order valence-electron chi connectivity index (χ2n) is 3.61. The fourth-order valence-electron chi connectivity index (χ4n) is 1.40. The van der Waals surface area contributed by atoms with Gasteiger partial charge in [0.05, 0.1) is 0 Å². The highest BCUT2D eigenvalue weighted by molar-refractivity contribution is 7.80. The van der Waals surface area contributed by atoms with Gasteiger partial charge < -0.3 is 5.73 Å². The van der Waals surface area contributed by atoms with Crippen molar-refractivity contribution in [2.45, 2.75) is 0 Å². The Balaban J connectivity index is 2.21. The molecular weight excluding hydrogens is 250 g/mol. The van der Waals surface area contributed by atoms with Gasteiger partial charge in [-0.05, 0) is 12.1 Å². The van der Waals surface area contributed by atoms with Gasteiger partial charge in [-0.15, -0.1) is 0 Å². The molecule has 7 heteroatoms. The van der Waals surface area contributed by atoms with Crippen molar-refractivity contribution in [3.05, 3.63) is 41.7 Å². The summed E-state index contributed by atoms with van der Waals surface area (Å²) in [5.74, 6) is 0.0879. The number of benzene rings is 1. The lowest BCUT2D eigenvalue weighted by Gasteiger charge is -2.05. The summed E-state index contributed by atoms with van der Waals surface area (Å²) < 4.78 is 1.47. The summed E-state index contributed by atoms with van der Waals surface area (Å²) in [7, 11) is 1.69. The minimum Gasteiger partial charge on any atom is -0.389 e. The number of nitrogens with two attached hydrogens (primary N) is 1. The topological polar surface area (TPSA) is 85.8 Å². The summed E-state index contributed by atoms with van der Waals surface area (Å²) in [6.45, 7) is 0. The number of carbonyl (C=O) groups excluding carboxylic acids is 1. The summed E-state index contributed by atoms with van der Waals surface area (Å²) in [4.78, 5) is 16.1. The van der Waals surface area contributed by atoms with Crippen LogP contribution in [0.25, 0.3) is 0 Å². The van der Waals surface area contributed by atoms with Crippen molar-refractivity contribution in [3.63, 3.8) is 0 Å². The van der Waals surface area contributed by atoms with E-state index in [4.69, 9.17) is 18.0 Å². The monoisotopic (exact) mass is 261 g/mol. The van der Waals surface area contributed by atoms with E-state index < -0.39 is 0 Å². The normalized spacial score (nSPS) is 10.1. The average molecular weight is 261 g/mol. The first-order valence-corrected chi connectivity index (χ1v) is 5.54. The van der Waals surface area contributed by atoms with Crippen molar-refractivity contribution in [2.24, 2.45) is 12.8 Å². The van der Waals surface area contributed by atoms with Gasteiger partial charge in [-0.1, -0.05) is 24.4 Å². The fourth-order valence-corrected chi connectivity index (χ4v) is 1.52. The zero-order valence-electron chi connectivity index (χ0n) is 9.62. The molecule has 0 aliphatic heterocycles. The zero-order chi connectivity index (χ0) is 13.1. The SMILES string of the molecule is Cn1ncnc1NC(=O)c1cccc(C(N)=S)c1. The Morgan fingerprint density at radius 2 is 2.17 bits per heavy atom. The molecule has 2 rings (SSSR count). The molecule has 0 saturated carbocycles. The lowest BCUT2D eigenvalue weighted by molar-refractivity contribution is 0.102. The number of thiocarbonyl (C=S) groups is 1. The van der Waals surface area contributed by atoms with E-state index >= 15 is 0 Å². The van der Waals surface area contributed by atoms with Crippen LogP contribution in [0.1, 0.15) is 15.9 Å². The number of hydrogen-bond donors (Lipinski definition) is 2. The van der Waals surface area contributed by atoms with Crippen molar-refractivity contribution in [2.75, 3.05) is 5.32 Å². The second-order valence-corrected chi connectivity index (χ2v) is 4.05. The fraction of sp³-hybridized carbons (Fsp3) is 0.0909. The second kappa shape index (κ2) is 4.92. The molecule has 18 heavy (non-hydrogen) atoms. The average Bonchev–Trinajstić information content (AvgIpc) is 2.75. The molecule has 0 atom stereocenters. The molecule has 6 nitrogen and oxygen atoms in total. The molecule has 1 aromatic heterocycles. The van der Waals surface area contributed by atoms with Gasteiger partial charge in [0.1, 0.15) is 11.3 Å². The first kappa shape index (κ1) is 12.2. The van der Waals surface area contributed by atoms with Crippen LogP contribution in [0.3, 0.4) is 0 Å². The number of aromatic nitrogens is 3. The Bertz CT molecular complexity index is 607. The van der Waals surface area contributed by atoms with Gasteiger partial charge in [-0.25, -0.2) is 4.68 Å². The van der Waals surface area contributed by atoms with Gasteiger partial charge in [0.15, 0.2) is 0 Å². The van der Waals surface area contributed by atoms with E-state index in [1.54, 1.807) is 31.3 Å². The van der Waals surface area contributed by atoms with Crippen LogP contribution in [0.2, 0.25) is 0 Å². The van der Waals surface area contributed by atoms with Gasteiger partial charge >= 0.3 is 0 Å². The Labute approximate surface area is 109 Å². The van der Waals surface area contributed by atoms with Crippen LogP contribution in [0.15, 0.2) is 30.6 Å². The van der Waals surface area contributed by atoms with Crippen LogP contribution in [0.4, 0.5) is 5.95 Å². The third kappa shape index (κ3) is 2.51. The minimum atomic E-state index is -0.288. The molecule has 1 heterocycles. The van der Waals surface area contributed by atoms with Gasteiger partial charge in [-0.2, -0.15) is 10.1 Å². The molecular formula is C11H11N5OS. The van der Waals surface area contributed by atoms with Crippen molar-refractivity contribution in [1.82, 2.24) is 14.8 Å². The van der Waals surface area contributed by atoms with Crippen molar-refractivity contribution < 1.29 is 4.79 Å². The molecule has 0 spiro atoms. The predicted octanol–water partition coefficient (Wildman–Crippen LogP) is 0.702. The number of nitrogens with zero attached hydrogens (tertiary/aromatic N) is 3. The molecule has 92 valence electrons. The van der Waals surface area contributed by atoms with E-state index in [9.17, 15) is 4.79 Å². The van der Waals surface area contributed by atoms with Crippen LogP contribution in [0.5, 0.6) is 0 Å². The maximum Gasteiger partial charge on any atom is 0.258 e. The van der Waals surface area contributed by atoms with Gasteiger partial charge in [0.25, 0.3) is 5.91 Å². The summed E-state index contributed by atoms with van der Waals surface area (Å²) in [5, 5.41) is 6.50. The van der Waals surface area contributed by atoms with Crippen LogP contribution in [-0.2, 0) is 7.05 Å². The molecule has 0 fully saturated rings. The first-order valence-electron chi connectivity index (χ1n) is 5.13. The molecule has 0 radical (unpaired) electrons. The van der Waals surface area contributed by atoms with E-state index in [-0.39, 0.29) is 10.9 Å². The summed E-state index contributed by atoms with van der Waals surface area (Å²) in [5.41, 5.74) is 6.63. The van der Waals surface area contributed by atoms with Gasteiger partial charge in [0.2, 0.25) is 5.95 Å². The molecule has 1 amide bonds. The zero-order valence-corrected chi connectivity index (χ0v) is 10.4. The van der Waals surface area contributed by atoms with Crippen molar-refractivity contribution in [3.8, 4) is 0 Å². The number of nitrogens with one attached hydrogen (secondary N) is 1. The number of anilines is 1. The predicted molar refractivity (Wildman–Crippen MR) is 71.3 cm³/mol. The van der Waals surface area contributed by atoms with Crippen LogP contribution in [-0.4, -0.2) is 25.7 Å². The Kier molecular flexibility index (Phi) is 3.33. The number of aryl methyl sites for hydroxylation is 1. The highest BCUT2D eigenvalue weighted by atomic mass is 32.1. The minimum absolute atomic E-state index is 0.253. The number of rotatable bonds is 3. The Morgan fingerprint density at radius 1 is 1.44 bits per heavy atom. The largest absolute Gasteiger partial charge is 0.389 e. The van der Waals surface area contributed by atoms with Crippen LogP contribution in [0, 0.1) is 0 Å². The lowest BCUT2D eigenvalue weighted by atomic mass is 10.1. The molecule has 0 bridgehead atoms. The third-order valence-electron chi connectivity index (χ3n) is 2.35.